The highest BCUT2D eigenvalue weighted by Crippen LogP contribution is 2.28. The third kappa shape index (κ3) is 4.25. The van der Waals surface area contributed by atoms with Crippen molar-refractivity contribution < 1.29 is 19.1 Å². The minimum Gasteiger partial charge on any atom is -0.473 e. The van der Waals surface area contributed by atoms with Crippen molar-refractivity contribution in [2.24, 2.45) is 5.41 Å². The minimum atomic E-state index is -0.400. The van der Waals surface area contributed by atoms with E-state index in [1.54, 1.807) is 0 Å². The van der Waals surface area contributed by atoms with E-state index in [1.807, 2.05) is 43.3 Å². The fourth-order valence-corrected chi connectivity index (χ4v) is 2.66. The Morgan fingerprint density at radius 3 is 2.46 bits per heavy atom. The molecular formula is C20H24N2O4. The van der Waals surface area contributed by atoms with Crippen LogP contribution in [0.4, 0.5) is 4.79 Å². The number of nitrogens with zero attached hydrogens (tertiary/aromatic N) is 2. The van der Waals surface area contributed by atoms with Gasteiger partial charge in [0.1, 0.15) is 18.1 Å². The predicted molar refractivity (Wildman–Crippen MR) is 97.2 cm³/mol. The molecule has 1 saturated heterocycles. The molecular weight excluding hydrogens is 332 g/mol. The Labute approximate surface area is 153 Å². The first-order chi connectivity index (χ1) is 12.3. The summed E-state index contributed by atoms with van der Waals surface area (Å²) >= 11 is 0. The molecule has 138 valence electrons. The van der Waals surface area contributed by atoms with Crippen molar-refractivity contribution in [1.29, 1.82) is 0 Å². The highest BCUT2D eigenvalue weighted by atomic mass is 16.5. The van der Waals surface area contributed by atoms with Gasteiger partial charge in [-0.1, -0.05) is 37.6 Å². The highest BCUT2D eigenvalue weighted by molar-refractivity contribution is 6.01. The van der Waals surface area contributed by atoms with Crippen molar-refractivity contribution in [2.45, 2.75) is 27.2 Å². The molecule has 0 radical (unpaired) electrons. The van der Waals surface area contributed by atoms with Crippen LogP contribution >= 0.6 is 0 Å². The maximum absolute atomic E-state index is 12.4. The second kappa shape index (κ2) is 7.23. The molecule has 0 saturated carbocycles. The van der Waals surface area contributed by atoms with E-state index in [1.165, 1.54) is 4.90 Å². The van der Waals surface area contributed by atoms with Crippen LogP contribution in [0.5, 0.6) is 5.75 Å². The Morgan fingerprint density at radius 1 is 1.08 bits per heavy atom. The Kier molecular flexibility index (Phi) is 5.02. The fourth-order valence-electron chi connectivity index (χ4n) is 2.66. The van der Waals surface area contributed by atoms with Crippen molar-refractivity contribution in [2.75, 3.05) is 20.0 Å². The lowest BCUT2D eigenvalue weighted by Gasteiger charge is -2.23. The van der Waals surface area contributed by atoms with Gasteiger partial charge in [0, 0.05) is 0 Å². The van der Waals surface area contributed by atoms with Crippen LogP contribution in [0.1, 0.15) is 25.8 Å². The molecule has 0 unspecified atom stereocenters. The van der Waals surface area contributed by atoms with Gasteiger partial charge < -0.3 is 9.47 Å². The van der Waals surface area contributed by atoms with Gasteiger partial charge in [-0.2, -0.15) is 0 Å². The third-order valence-electron chi connectivity index (χ3n) is 4.43. The van der Waals surface area contributed by atoms with E-state index in [9.17, 15) is 9.59 Å². The summed E-state index contributed by atoms with van der Waals surface area (Å²) in [6, 6.07) is 7.13. The van der Waals surface area contributed by atoms with Gasteiger partial charge >= 0.3 is 6.03 Å². The molecule has 1 aliphatic carbocycles. The Balaban J connectivity index is 1.51. The summed E-state index contributed by atoms with van der Waals surface area (Å²) in [5, 5.41) is 0. The monoisotopic (exact) mass is 356 g/mol. The number of hydrogen-bond acceptors (Lipinski definition) is 4. The molecule has 0 atom stereocenters. The van der Waals surface area contributed by atoms with Crippen LogP contribution < -0.4 is 4.74 Å². The predicted octanol–water partition coefficient (Wildman–Crippen LogP) is 3.44. The first kappa shape index (κ1) is 18.0. The van der Waals surface area contributed by atoms with Crippen LogP contribution in [0.3, 0.4) is 0 Å². The number of carbonyl (C=O) groups excluding carboxylic acids is 2. The summed E-state index contributed by atoms with van der Waals surface area (Å²) in [6.45, 7) is 6.20. The number of aryl methyl sites for hydroxylation is 1. The lowest BCUT2D eigenvalue weighted by Crippen LogP contribution is -2.36. The van der Waals surface area contributed by atoms with Crippen LogP contribution in [0.2, 0.25) is 0 Å². The van der Waals surface area contributed by atoms with Crippen LogP contribution in [-0.4, -0.2) is 41.7 Å². The Morgan fingerprint density at radius 2 is 1.81 bits per heavy atom. The fraction of sp³-hybridized carbons (Fsp3) is 0.400. The normalized spacial score (nSPS) is 19.0. The molecule has 1 aromatic rings. The van der Waals surface area contributed by atoms with Crippen molar-refractivity contribution >= 4 is 11.9 Å². The van der Waals surface area contributed by atoms with Gasteiger partial charge in [-0.15, -0.1) is 0 Å². The lowest BCUT2D eigenvalue weighted by atomic mass is 9.86. The van der Waals surface area contributed by atoms with Gasteiger partial charge in [-0.05, 0) is 43.0 Å². The van der Waals surface area contributed by atoms with E-state index in [2.05, 4.69) is 19.9 Å². The number of urea groups is 1. The molecule has 6 heteroatoms. The molecule has 1 aliphatic heterocycles. The number of allylic oxidation sites excluding steroid dienone is 3. The van der Waals surface area contributed by atoms with Gasteiger partial charge in [-0.3, -0.25) is 9.69 Å². The van der Waals surface area contributed by atoms with Gasteiger partial charge in [0.25, 0.3) is 5.91 Å². The summed E-state index contributed by atoms with van der Waals surface area (Å²) in [7, 11) is 0. The number of imide groups is 1. The van der Waals surface area contributed by atoms with Crippen LogP contribution in [0.15, 0.2) is 48.3 Å². The van der Waals surface area contributed by atoms with E-state index in [0.717, 1.165) is 16.9 Å². The number of hydrogen-bond donors (Lipinski definition) is 0. The summed E-state index contributed by atoms with van der Waals surface area (Å²) in [5.41, 5.74) is 1.23. The highest BCUT2D eigenvalue weighted by Gasteiger charge is 2.36. The van der Waals surface area contributed by atoms with Crippen LogP contribution in [-0.2, 0) is 9.53 Å². The minimum absolute atomic E-state index is 0.00400. The summed E-state index contributed by atoms with van der Waals surface area (Å²) < 4.78 is 11.2. The average Bonchev–Trinajstić information content (AvgIpc) is 2.87. The van der Waals surface area contributed by atoms with Gasteiger partial charge in [0.15, 0.2) is 13.5 Å². The summed E-state index contributed by atoms with van der Waals surface area (Å²) in [6.07, 6.45) is 6.78. The first-order valence-electron chi connectivity index (χ1n) is 8.65. The second-order valence-corrected chi connectivity index (χ2v) is 7.29. The number of benzene rings is 1. The smallest absolute Gasteiger partial charge is 0.332 e. The Hall–Kier alpha value is -2.76. The molecule has 3 rings (SSSR count). The number of rotatable bonds is 6. The van der Waals surface area contributed by atoms with Crippen molar-refractivity contribution in [3.05, 3.63) is 53.8 Å². The summed E-state index contributed by atoms with van der Waals surface area (Å²) in [4.78, 5) is 27.0. The molecule has 2 aliphatic rings. The van der Waals surface area contributed by atoms with E-state index >= 15 is 0 Å². The average molecular weight is 356 g/mol. The molecule has 3 amide bonds. The van der Waals surface area contributed by atoms with Gasteiger partial charge in [0.05, 0.1) is 0 Å². The molecule has 0 N–H and O–H groups in total. The molecule has 1 fully saturated rings. The van der Waals surface area contributed by atoms with Gasteiger partial charge in [-0.25, -0.2) is 9.69 Å². The molecule has 6 nitrogen and oxygen atoms in total. The standard InChI is InChI=1S/C20H24N2O4/c1-15-4-6-16(7-5-15)25-13-21-12-18(23)22(19(21)24)14-26-17-8-10-20(2,3)11-9-17/h4-10H,11-14H2,1-3H3. The third-order valence-corrected chi connectivity index (χ3v) is 4.43. The maximum atomic E-state index is 12.4. The molecule has 26 heavy (non-hydrogen) atoms. The van der Waals surface area contributed by atoms with Crippen molar-refractivity contribution in [1.82, 2.24) is 9.80 Å². The molecule has 1 heterocycles. The van der Waals surface area contributed by atoms with Crippen LogP contribution in [0, 0.1) is 12.3 Å². The summed E-state index contributed by atoms with van der Waals surface area (Å²) in [5.74, 6) is 1.05. The zero-order valence-electron chi connectivity index (χ0n) is 15.4. The topological polar surface area (TPSA) is 59.1 Å². The lowest BCUT2D eigenvalue weighted by molar-refractivity contribution is -0.128. The van der Waals surface area contributed by atoms with E-state index in [4.69, 9.17) is 9.47 Å². The molecule has 0 spiro atoms. The van der Waals surface area contributed by atoms with E-state index in [0.29, 0.717) is 11.5 Å². The van der Waals surface area contributed by atoms with Crippen molar-refractivity contribution in [3.63, 3.8) is 0 Å². The second-order valence-electron chi connectivity index (χ2n) is 7.29. The maximum Gasteiger partial charge on any atom is 0.332 e. The quantitative estimate of drug-likeness (QED) is 0.733. The van der Waals surface area contributed by atoms with E-state index in [-0.39, 0.29) is 31.3 Å². The Bertz CT molecular complexity index is 750. The number of ether oxygens (including phenoxy) is 2. The zero-order valence-corrected chi connectivity index (χ0v) is 15.4. The molecule has 0 bridgehead atoms. The van der Waals surface area contributed by atoms with Gasteiger partial charge in [0.2, 0.25) is 0 Å². The number of amides is 3. The molecule has 1 aromatic carbocycles. The van der Waals surface area contributed by atoms with E-state index < -0.39 is 6.03 Å². The van der Waals surface area contributed by atoms with Crippen LogP contribution in [0.25, 0.3) is 0 Å². The zero-order chi connectivity index (χ0) is 18.7. The number of carbonyl (C=O) groups is 2. The first-order valence-corrected chi connectivity index (χ1v) is 8.65. The largest absolute Gasteiger partial charge is 0.473 e. The molecule has 0 aromatic heterocycles. The van der Waals surface area contributed by atoms with Crippen molar-refractivity contribution in [3.8, 4) is 5.75 Å². The SMILES string of the molecule is Cc1ccc(OCN2CC(=O)N(COC3=CCC(C)(C)C=C3)C2=O)cc1.